The van der Waals surface area contributed by atoms with Crippen molar-refractivity contribution in [3.8, 4) is 0 Å². The smallest absolute Gasteiger partial charge is 0.0459 e. The van der Waals surface area contributed by atoms with Crippen LogP contribution in [-0.2, 0) is 0 Å². The number of nitrogens with zero attached hydrogens (tertiary/aromatic N) is 1. The Morgan fingerprint density at radius 2 is 2.12 bits per heavy atom. The van der Waals surface area contributed by atoms with E-state index in [4.69, 9.17) is 5.73 Å². The molecule has 3 N–H and O–H groups in total. The number of hydrogen-bond acceptors (Lipinski definition) is 3. The van der Waals surface area contributed by atoms with Gasteiger partial charge in [-0.15, -0.1) is 0 Å². The maximum Gasteiger partial charge on any atom is 0.0459 e. The molecule has 0 fully saturated rings. The summed E-state index contributed by atoms with van der Waals surface area (Å²) in [7, 11) is 0. The molecule has 0 radical (unpaired) electrons. The van der Waals surface area contributed by atoms with E-state index >= 15 is 0 Å². The minimum absolute atomic E-state index is 0.231. The van der Waals surface area contributed by atoms with Crippen molar-refractivity contribution in [2.75, 3.05) is 13.1 Å². The molecule has 1 aromatic rings. The van der Waals surface area contributed by atoms with E-state index in [1.807, 2.05) is 12.3 Å². The molecule has 1 rings (SSSR count). The van der Waals surface area contributed by atoms with Crippen molar-refractivity contribution in [2.45, 2.75) is 32.7 Å². The van der Waals surface area contributed by atoms with Gasteiger partial charge >= 0.3 is 0 Å². The fourth-order valence-electron chi connectivity index (χ4n) is 1.81. The Bertz CT molecular complexity index is 270. The van der Waals surface area contributed by atoms with Crippen molar-refractivity contribution in [3.63, 3.8) is 0 Å². The summed E-state index contributed by atoms with van der Waals surface area (Å²) in [6.07, 6.45) is 6.11. The second-order valence-electron chi connectivity index (χ2n) is 4.17. The molecule has 1 aromatic heterocycles. The van der Waals surface area contributed by atoms with Crippen LogP contribution in [0.1, 0.15) is 38.3 Å². The minimum Gasteiger partial charge on any atom is -0.329 e. The zero-order chi connectivity index (χ0) is 11.8. The maximum atomic E-state index is 5.78. The quantitative estimate of drug-likeness (QED) is 0.741. The van der Waals surface area contributed by atoms with Gasteiger partial charge in [-0.2, -0.15) is 0 Å². The van der Waals surface area contributed by atoms with E-state index < -0.39 is 0 Å². The highest BCUT2D eigenvalue weighted by Crippen LogP contribution is 2.12. The molecule has 1 heterocycles. The van der Waals surface area contributed by atoms with Crippen LogP contribution < -0.4 is 11.1 Å². The minimum atomic E-state index is 0.231. The van der Waals surface area contributed by atoms with Gasteiger partial charge in [0, 0.05) is 25.0 Å². The molecular weight excluding hydrogens is 198 g/mol. The van der Waals surface area contributed by atoms with Crippen LogP contribution in [0.25, 0.3) is 0 Å². The third-order valence-corrected chi connectivity index (χ3v) is 3.13. The SMILES string of the molecule is CCC(CC)CNC(CN)c1cccnc1. The van der Waals surface area contributed by atoms with Crippen molar-refractivity contribution in [3.05, 3.63) is 30.1 Å². The van der Waals surface area contributed by atoms with Gasteiger partial charge in [0.15, 0.2) is 0 Å². The van der Waals surface area contributed by atoms with Crippen LogP contribution in [0.4, 0.5) is 0 Å². The van der Waals surface area contributed by atoms with E-state index in [9.17, 15) is 0 Å². The highest BCUT2D eigenvalue weighted by molar-refractivity contribution is 5.14. The van der Waals surface area contributed by atoms with E-state index in [0.717, 1.165) is 12.5 Å². The van der Waals surface area contributed by atoms with E-state index in [0.29, 0.717) is 6.54 Å². The van der Waals surface area contributed by atoms with Crippen LogP contribution in [0.15, 0.2) is 24.5 Å². The van der Waals surface area contributed by atoms with E-state index in [2.05, 4.69) is 30.2 Å². The molecule has 90 valence electrons. The van der Waals surface area contributed by atoms with Crippen LogP contribution in [0.2, 0.25) is 0 Å². The van der Waals surface area contributed by atoms with Gasteiger partial charge < -0.3 is 11.1 Å². The Hall–Kier alpha value is -0.930. The Morgan fingerprint density at radius 3 is 2.62 bits per heavy atom. The number of nitrogens with one attached hydrogen (secondary N) is 1. The lowest BCUT2D eigenvalue weighted by Crippen LogP contribution is -2.32. The van der Waals surface area contributed by atoms with Crippen LogP contribution in [0.3, 0.4) is 0 Å². The zero-order valence-electron chi connectivity index (χ0n) is 10.3. The summed E-state index contributed by atoms with van der Waals surface area (Å²) in [5, 5.41) is 3.52. The van der Waals surface area contributed by atoms with Crippen LogP contribution in [0, 0.1) is 5.92 Å². The first-order valence-corrected chi connectivity index (χ1v) is 6.15. The Labute approximate surface area is 98.5 Å². The summed E-state index contributed by atoms with van der Waals surface area (Å²) in [4.78, 5) is 4.13. The second-order valence-corrected chi connectivity index (χ2v) is 4.17. The van der Waals surface area contributed by atoms with Gasteiger partial charge in [0.05, 0.1) is 0 Å². The molecule has 16 heavy (non-hydrogen) atoms. The zero-order valence-corrected chi connectivity index (χ0v) is 10.3. The van der Waals surface area contributed by atoms with Crippen molar-refractivity contribution >= 4 is 0 Å². The lowest BCUT2D eigenvalue weighted by molar-refractivity contribution is 0.414. The monoisotopic (exact) mass is 221 g/mol. The standard InChI is InChI=1S/C13H23N3/c1-3-11(4-2)9-16-13(8-14)12-6-5-7-15-10-12/h5-7,10-11,13,16H,3-4,8-9,14H2,1-2H3. The van der Waals surface area contributed by atoms with Crippen molar-refractivity contribution in [2.24, 2.45) is 11.7 Å². The van der Waals surface area contributed by atoms with Crippen molar-refractivity contribution < 1.29 is 0 Å². The fraction of sp³-hybridized carbons (Fsp3) is 0.615. The maximum absolute atomic E-state index is 5.78. The molecule has 1 unspecified atom stereocenters. The lowest BCUT2D eigenvalue weighted by atomic mass is 10.0. The highest BCUT2D eigenvalue weighted by atomic mass is 14.9. The fourth-order valence-corrected chi connectivity index (χ4v) is 1.81. The average molecular weight is 221 g/mol. The van der Waals surface area contributed by atoms with Gasteiger partial charge in [0.25, 0.3) is 0 Å². The molecule has 0 saturated carbocycles. The van der Waals surface area contributed by atoms with Gasteiger partial charge in [-0.1, -0.05) is 32.8 Å². The first-order valence-electron chi connectivity index (χ1n) is 6.15. The number of nitrogens with two attached hydrogens (primary N) is 1. The number of aromatic nitrogens is 1. The van der Waals surface area contributed by atoms with Gasteiger partial charge in [-0.3, -0.25) is 4.98 Å². The number of rotatable bonds is 7. The summed E-state index contributed by atoms with van der Waals surface area (Å²) in [5.41, 5.74) is 6.96. The average Bonchev–Trinajstić information content (AvgIpc) is 2.36. The van der Waals surface area contributed by atoms with Gasteiger partial charge in [0.1, 0.15) is 0 Å². The van der Waals surface area contributed by atoms with Gasteiger partial charge in [-0.25, -0.2) is 0 Å². The summed E-state index contributed by atoms with van der Waals surface area (Å²) < 4.78 is 0. The molecule has 0 aromatic carbocycles. The molecule has 1 atom stereocenters. The van der Waals surface area contributed by atoms with Crippen LogP contribution >= 0.6 is 0 Å². The van der Waals surface area contributed by atoms with E-state index in [-0.39, 0.29) is 6.04 Å². The van der Waals surface area contributed by atoms with E-state index in [1.54, 1.807) is 6.20 Å². The molecule has 3 heteroatoms. The number of hydrogen-bond donors (Lipinski definition) is 2. The third kappa shape index (κ3) is 3.91. The van der Waals surface area contributed by atoms with Gasteiger partial charge in [-0.05, 0) is 24.1 Å². The Balaban J connectivity index is 2.50. The van der Waals surface area contributed by atoms with Crippen LogP contribution in [-0.4, -0.2) is 18.1 Å². The molecule has 0 spiro atoms. The molecule has 0 amide bonds. The topological polar surface area (TPSA) is 50.9 Å². The molecule has 0 aliphatic heterocycles. The first kappa shape index (κ1) is 13.1. The van der Waals surface area contributed by atoms with Crippen molar-refractivity contribution in [1.82, 2.24) is 10.3 Å². The Morgan fingerprint density at radius 1 is 1.38 bits per heavy atom. The van der Waals surface area contributed by atoms with E-state index in [1.165, 1.54) is 18.4 Å². The Kier molecular flexibility index (Phi) is 6.04. The largest absolute Gasteiger partial charge is 0.329 e. The molecule has 0 saturated heterocycles. The van der Waals surface area contributed by atoms with Gasteiger partial charge in [0.2, 0.25) is 0 Å². The lowest BCUT2D eigenvalue weighted by Gasteiger charge is -2.20. The normalized spacial score (nSPS) is 13.0. The third-order valence-electron chi connectivity index (χ3n) is 3.13. The highest BCUT2D eigenvalue weighted by Gasteiger charge is 2.11. The molecular formula is C13H23N3. The summed E-state index contributed by atoms with van der Waals surface area (Å²) in [5.74, 6) is 0.741. The summed E-state index contributed by atoms with van der Waals surface area (Å²) >= 11 is 0. The molecule has 0 aliphatic carbocycles. The predicted octanol–water partition coefficient (Wildman–Crippen LogP) is 2.11. The molecule has 0 aliphatic rings. The first-order chi connectivity index (χ1) is 7.81. The number of pyridine rings is 1. The second kappa shape index (κ2) is 7.36. The molecule has 3 nitrogen and oxygen atoms in total. The summed E-state index contributed by atoms with van der Waals surface area (Å²) in [6, 6.07) is 4.26. The van der Waals surface area contributed by atoms with Crippen LogP contribution in [0.5, 0.6) is 0 Å². The van der Waals surface area contributed by atoms with Crippen molar-refractivity contribution in [1.29, 1.82) is 0 Å². The predicted molar refractivity (Wildman–Crippen MR) is 68.1 cm³/mol. The summed E-state index contributed by atoms with van der Waals surface area (Å²) in [6.45, 7) is 6.12. The molecule has 0 bridgehead atoms.